The van der Waals surface area contributed by atoms with E-state index >= 15 is 0 Å². The van der Waals surface area contributed by atoms with Gasteiger partial charge in [-0.2, -0.15) is 0 Å². The maximum atomic E-state index is 5.38. The van der Waals surface area contributed by atoms with E-state index in [2.05, 4.69) is 22.4 Å². The quantitative estimate of drug-likeness (QED) is 0.756. The second-order valence-corrected chi connectivity index (χ2v) is 4.89. The summed E-state index contributed by atoms with van der Waals surface area (Å²) in [5, 5.41) is 2.11. The molecule has 2 heterocycles. The molecule has 2 aromatic heterocycles. The molecule has 0 spiro atoms. The molecule has 0 atom stereocenters. The van der Waals surface area contributed by atoms with Crippen LogP contribution in [0.15, 0.2) is 40.3 Å². The van der Waals surface area contributed by atoms with Crippen molar-refractivity contribution in [2.75, 3.05) is 20.3 Å². The van der Waals surface area contributed by atoms with Crippen LogP contribution in [-0.2, 0) is 17.8 Å². The zero-order valence-electron chi connectivity index (χ0n) is 9.96. The van der Waals surface area contributed by atoms with E-state index in [1.54, 1.807) is 24.7 Å². The molecule has 0 saturated carbocycles. The van der Waals surface area contributed by atoms with E-state index in [0.717, 1.165) is 32.0 Å². The van der Waals surface area contributed by atoms with Crippen LogP contribution in [-0.4, -0.2) is 25.2 Å². The molecule has 0 amide bonds. The second kappa shape index (κ2) is 6.59. The van der Waals surface area contributed by atoms with Crippen LogP contribution in [0.4, 0.5) is 0 Å². The minimum atomic E-state index is 0.742. The fourth-order valence-corrected chi connectivity index (χ4v) is 2.43. The van der Waals surface area contributed by atoms with Gasteiger partial charge in [0.1, 0.15) is 5.76 Å². The SMILES string of the molecule is COCCN(Cc1ccco1)Cc1cccs1. The Morgan fingerprint density at radius 3 is 2.88 bits per heavy atom. The van der Waals surface area contributed by atoms with Crippen molar-refractivity contribution in [2.24, 2.45) is 0 Å². The van der Waals surface area contributed by atoms with Gasteiger partial charge >= 0.3 is 0 Å². The molecule has 0 aromatic carbocycles. The normalized spacial score (nSPS) is 11.2. The van der Waals surface area contributed by atoms with Crippen LogP contribution >= 0.6 is 11.3 Å². The number of furan rings is 1. The van der Waals surface area contributed by atoms with E-state index in [-0.39, 0.29) is 0 Å². The van der Waals surface area contributed by atoms with Crippen molar-refractivity contribution in [1.29, 1.82) is 0 Å². The first-order valence-electron chi connectivity index (χ1n) is 5.64. The van der Waals surface area contributed by atoms with Crippen molar-refractivity contribution in [2.45, 2.75) is 13.1 Å². The third-order valence-electron chi connectivity index (χ3n) is 2.53. The van der Waals surface area contributed by atoms with Crippen LogP contribution in [0, 0.1) is 0 Å². The first-order valence-corrected chi connectivity index (χ1v) is 6.52. The molecule has 0 saturated heterocycles. The highest BCUT2D eigenvalue weighted by Gasteiger charge is 2.09. The van der Waals surface area contributed by atoms with Gasteiger partial charge in [0.2, 0.25) is 0 Å². The Hall–Kier alpha value is -1.10. The highest BCUT2D eigenvalue weighted by Crippen LogP contribution is 2.14. The van der Waals surface area contributed by atoms with Gasteiger partial charge in [-0.3, -0.25) is 4.90 Å². The maximum absolute atomic E-state index is 5.38. The summed E-state index contributed by atoms with van der Waals surface area (Å²) in [4.78, 5) is 3.70. The molecule has 4 heteroatoms. The molecule has 0 radical (unpaired) electrons. The Morgan fingerprint density at radius 2 is 2.24 bits per heavy atom. The molecule has 3 nitrogen and oxygen atoms in total. The van der Waals surface area contributed by atoms with E-state index in [4.69, 9.17) is 9.15 Å². The Morgan fingerprint density at radius 1 is 1.29 bits per heavy atom. The van der Waals surface area contributed by atoms with Crippen molar-refractivity contribution in [3.05, 3.63) is 46.5 Å². The highest BCUT2D eigenvalue weighted by atomic mass is 32.1. The van der Waals surface area contributed by atoms with Crippen molar-refractivity contribution in [3.8, 4) is 0 Å². The minimum Gasteiger partial charge on any atom is -0.468 e. The van der Waals surface area contributed by atoms with E-state index < -0.39 is 0 Å². The summed E-state index contributed by atoms with van der Waals surface area (Å²) < 4.78 is 10.5. The fourth-order valence-electron chi connectivity index (χ4n) is 1.68. The van der Waals surface area contributed by atoms with Gasteiger partial charge < -0.3 is 9.15 Å². The standard InChI is InChI=1S/C13H17NO2S/c1-15-8-6-14(10-12-4-2-7-16-12)11-13-5-3-9-17-13/h2-5,7,9H,6,8,10-11H2,1H3. The molecule has 92 valence electrons. The largest absolute Gasteiger partial charge is 0.468 e. The van der Waals surface area contributed by atoms with E-state index in [0.29, 0.717) is 0 Å². The summed E-state index contributed by atoms with van der Waals surface area (Å²) in [5.41, 5.74) is 0. The topological polar surface area (TPSA) is 25.6 Å². The molecular formula is C13H17NO2S. The number of nitrogens with zero attached hydrogens (tertiary/aromatic N) is 1. The van der Waals surface area contributed by atoms with E-state index in [1.807, 2.05) is 12.1 Å². The smallest absolute Gasteiger partial charge is 0.117 e. The Labute approximate surface area is 106 Å². The second-order valence-electron chi connectivity index (χ2n) is 3.86. The lowest BCUT2D eigenvalue weighted by Gasteiger charge is -2.19. The number of methoxy groups -OCH3 is 1. The monoisotopic (exact) mass is 251 g/mol. The Bertz CT molecular complexity index is 361. The summed E-state index contributed by atoms with van der Waals surface area (Å²) in [7, 11) is 1.73. The maximum Gasteiger partial charge on any atom is 0.117 e. The van der Waals surface area contributed by atoms with Crippen molar-refractivity contribution < 1.29 is 9.15 Å². The number of rotatable bonds is 7. The summed E-state index contributed by atoms with van der Waals surface area (Å²) in [6.45, 7) is 3.43. The molecule has 0 fully saturated rings. The van der Waals surface area contributed by atoms with Gasteiger partial charge in [-0.15, -0.1) is 11.3 Å². The molecule has 0 unspecified atom stereocenters. The Kier molecular flexibility index (Phi) is 4.79. The van der Waals surface area contributed by atoms with E-state index in [9.17, 15) is 0 Å². The van der Waals surface area contributed by atoms with Gasteiger partial charge in [0.25, 0.3) is 0 Å². The molecule has 0 aliphatic heterocycles. The lowest BCUT2D eigenvalue weighted by molar-refractivity contribution is 0.135. The summed E-state index contributed by atoms with van der Waals surface area (Å²) in [5.74, 6) is 0.998. The first kappa shape index (κ1) is 12.4. The third kappa shape index (κ3) is 4.00. The molecule has 2 rings (SSSR count). The summed E-state index contributed by atoms with van der Waals surface area (Å²) in [6.07, 6.45) is 1.72. The van der Waals surface area contributed by atoms with Crippen LogP contribution in [0.5, 0.6) is 0 Å². The summed E-state index contributed by atoms with van der Waals surface area (Å²) >= 11 is 1.78. The molecule has 0 N–H and O–H groups in total. The van der Waals surface area contributed by atoms with Crippen LogP contribution in [0.25, 0.3) is 0 Å². The number of ether oxygens (including phenoxy) is 1. The van der Waals surface area contributed by atoms with Gasteiger partial charge in [-0.25, -0.2) is 0 Å². The zero-order valence-corrected chi connectivity index (χ0v) is 10.8. The van der Waals surface area contributed by atoms with Gasteiger partial charge in [-0.1, -0.05) is 6.07 Å². The Balaban J connectivity index is 1.92. The average Bonchev–Trinajstić information content (AvgIpc) is 2.99. The molecule has 0 aliphatic carbocycles. The lowest BCUT2D eigenvalue weighted by Crippen LogP contribution is -2.26. The van der Waals surface area contributed by atoms with Gasteiger partial charge in [0.15, 0.2) is 0 Å². The minimum absolute atomic E-state index is 0.742. The van der Waals surface area contributed by atoms with Crippen LogP contribution in [0.2, 0.25) is 0 Å². The van der Waals surface area contributed by atoms with Crippen molar-refractivity contribution in [3.63, 3.8) is 0 Å². The number of hydrogen-bond acceptors (Lipinski definition) is 4. The van der Waals surface area contributed by atoms with Gasteiger partial charge in [0.05, 0.1) is 19.4 Å². The number of thiophene rings is 1. The van der Waals surface area contributed by atoms with Gasteiger partial charge in [0, 0.05) is 25.1 Å². The first-order chi connectivity index (χ1) is 8.38. The average molecular weight is 251 g/mol. The summed E-state index contributed by atoms with van der Waals surface area (Å²) in [6, 6.07) is 8.18. The van der Waals surface area contributed by atoms with Crippen molar-refractivity contribution >= 4 is 11.3 Å². The van der Waals surface area contributed by atoms with Crippen molar-refractivity contribution in [1.82, 2.24) is 4.90 Å². The molecule has 0 bridgehead atoms. The van der Waals surface area contributed by atoms with E-state index in [1.165, 1.54) is 4.88 Å². The lowest BCUT2D eigenvalue weighted by atomic mass is 10.3. The predicted octanol–water partition coefficient (Wildman–Crippen LogP) is 2.99. The van der Waals surface area contributed by atoms with Crippen LogP contribution in [0.1, 0.15) is 10.6 Å². The molecule has 0 aliphatic rings. The zero-order chi connectivity index (χ0) is 11.9. The molecule has 2 aromatic rings. The number of hydrogen-bond donors (Lipinski definition) is 0. The third-order valence-corrected chi connectivity index (χ3v) is 3.39. The molecule has 17 heavy (non-hydrogen) atoms. The molecular weight excluding hydrogens is 234 g/mol. The van der Waals surface area contributed by atoms with Gasteiger partial charge in [-0.05, 0) is 23.6 Å². The predicted molar refractivity (Wildman–Crippen MR) is 69.0 cm³/mol. The van der Waals surface area contributed by atoms with Crippen LogP contribution in [0.3, 0.4) is 0 Å². The van der Waals surface area contributed by atoms with Crippen LogP contribution < -0.4 is 0 Å². The fraction of sp³-hybridized carbons (Fsp3) is 0.385. The highest BCUT2D eigenvalue weighted by molar-refractivity contribution is 7.09.